The van der Waals surface area contributed by atoms with Gasteiger partial charge in [0, 0.05) is 12.0 Å². The van der Waals surface area contributed by atoms with Crippen LogP contribution in [0.4, 0.5) is 0 Å². The van der Waals surface area contributed by atoms with Crippen molar-refractivity contribution in [1.82, 2.24) is 15.4 Å². The fraction of sp³-hybridized carbons (Fsp3) is 0.222. The lowest BCUT2D eigenvalue weighted by molar-refractivity contribution is 0.0955. The molecule has 4 aromatic rings. The van der Waals surface area contributed by atoms with Gasteiger partial charge in [-0.15, -0.1) is 0 Å². The Hall–Kier alpha value is -4.13. The highest BCUT2D eigenvalue weighted by Crippen LogP contribution is 2.18. The molecule has 7 heteroatoms. The first-order chi connectivity index (χ1) is 16.6. The molecule has 1 aromatic heterocycles. The van der Waals surface area contributed by atoms with Crippen LogP contribution in [0.5, 0.6) is 11.5 Å². The molecule has 2 N–H and O–H groups in total. The number of rotatable bonds is 10. The van der Waals surface area contributed by atoms with E-state index in [0.717, 1.165) is 52.3 Å². The molecular weight excluding hydrogens is 428 g/mol. The molecule has 4 rings (SSSR count). The number of unbranched alkanes of at least 4 members (excludes halogenated alkanes) is 1. The second-order valence-corrected chi connectivity index (χ2v) is 7.91. The molecule has 174 valence electrons. The first kappa shape index (κ1) is 23.0. The topological polar surface area (TPSA) is 88.6 Å². The molecule has 0 unspecified atom stereocenters. The highest BCUT2D eigenvalue weighted by Gasteiger charge is 2.09. The molecule has 0 atom stereocenters. The molecule has 1 heterocycles. The van der Waals surface area contributed by atoms with E-state index in [2.05, 4.69) is 27.4 Å². The monoisotopic (exact) mass is 456 g/mol. The van der Waals surface area contributed by atoms with Crippen molar-refractivity contribution in [2.24, 2.45) is 5.10 Å². The second kappa shape index (κ2) is 11.1. The summed E-state index contributed by atoms with van der Waals surface area (Å²) in [5.74, 6) is 2.15. The smallest absolute Gasteiger partial charge is 0.271 e. The molecule has 0 saturated heterocycles. The Bertz CT molecular complexity index is 1280. The maximum atomic E-state index is 12.6. The van der Waals surface area contributed by atoms with Crippen LogP contribution < -0.4 is 14.9 Å². The molecule has 34 heavy (non-hydrogen) atoms. The predicted molar refractivity (Wildman–Crippen MR) is 134 cm³/mol. The molecule has 1 amide bonds. The number of fused-ring (bicyclic) bond motifs is 1. The van der Waals surface area contributed by atoms with Gasteiger partial charge in [0.15, 0.2) is 0 Å². The summed E-state index contributed by atoms with van der Waals surface area (Å²) in [7, 11) is 1.65. The predicted octanol–water partition coefficient (Wildman–Crippen LogP) is 5.11. The number of benzene rings is 3. The summed E-state index contributed by atoms with van der Waals surface area (Å²) >= 11 is 0. The Morgan fingerprint density at radius 1 is 1.09 bits per heavy atom. The van der Waals surface area contributed by atoms with Gasteiger partial charge in [-0.3, -0.25) is 4.79 Å². The van der Waals surface area contributed by atoms with Gasteiger partial charge in [-0.2, -0.15) is 5.10 Å². The number of aromatic amines is 1. The number of imidazole rings is 1. The highest BCUT2D eigenvalue weighted by molar-refractivity contribution is 5.97. The maximum absolute atomic E-state index is 12.6. The summed E-state index contributed by atoms with van der Waals surface area (Å²) in [5, 5.41) is 4.09. The lowest BCUT2D eigenvalue weighted by Gasteiger charge is -2.05. The number of carbonyl (C=O) groups excluding carboxylic acids is 1. The van der Waals surface area contributed by atoms with E-state index < -0.39 is 0 Å². The van der Waals surface area contributed by atoms with Crippen molar-refractivity contribution in [2.75, 3.05) is 13.7 Å². The van der Waals surface area contributed by atoms with Crippen molar-refractivity contribution < 1.29 is 14.3 Å². The third-order valence-electron chi connectivity index (χ3n) is 5.33. The van der Waals surface area contributed by atoms with E-state index in [1.165, 1.54) is 0 Å². The molecule has 0 fully saturated rings. The molecule has 0 spiro atoms. The van der Waals surface area contributed by atoms with Crippen LogP contribution in [-0.2, 0) is 6.42 Å². The molecule has 0 bridgehead atoms. The summed E-state index contributed by atoms with van der Waals surface area (Å²) in [6.45, 7) is 2.81. The summed E-state index contributed by atoms with van der Waals surface area (Å²) in [4.78, 5) is 20.5. The van der Waals surface area contributed by atoms with Crippen LogP contribution in [0, 0.1) is 0 Å². The summed E-state index contributed by atoms with van der Waals surface area (Å²) < 4.78 is 10.9. The minimum absolute atomic E-state index is 0.292. The Morgan fingerprint density at radius 2 is 1.94 bits per heavy atom. The molecule has 7 nitrogen and oxygen atoms in total. The average molecular weight is 457 g/mol. The number of amides is 1. The minimum Gasteiger partial charge on any atom is -0.497 e. The van der Waals surface area contributed by atoms with E-state index in [1.807, 2.05) is 54.6 Å². The zero-order chi connectivity index (χ0) is 23.8. The van der Waals surface area contributed by atoms with Gasteiger partial charge in [0.25, 0.3) is 5.91 Å². The number of nitrogens with zero attached hydrogens (tertiary/aromatic N) is 2. The molecule has 0 aliphatic rings. The lowest BCUT2D eigenvalue weighted by Crippen LogP contribution is -2.17. The van der Waals surface area contributed by atoms with Crippen molar-refractivity contribution in [1.29, 1.82) is 0 Å². The van der Waals surface area contributed by atoms with Crippen LogP contribution in [0.25, 0.3) is 11.0 Å². The molecule has 0 radical (unpaired) electrons. The number of methoxy groups -OCH3 is 1. The van der Waals surface area contributed by atoms with Gasteiger partial charge in [0.1, 0.15) is 17.3 Å². The van der Waals surface area contributed by atoms with E-state index >= 15 is 0 Å². The van der Waals surface area contributed by atoms with Crippen LogP contribution in [-0.4, -0.2) is 35.8 Å². The van der Waals surface area contributed by atoms with Gasteiger partial charge in [0.2, 0.25) is 0 Å². The largest absolute Gasteiger partial charge is 0.497 e. The minimum atomic E-state index is -0.292. The van der Waals surface area contributed by atoms with Crippen molar-refractivity contribution in [2.45, 2.75) is 26.2 Å². The fourth-order valence-electron chi connectivity index (χ4n) is 3.47. The van der Waals surface area contributed by atoms with Crippen molar-refractivity contribution >= 4 is 23.2 Å². The van der Waals surface area contributed by atoms with Gasteiger partial charge >= 0.3 is 0 Å². The van der Waals surface area contributed by atoms with Gasteiger partial charge in [-0.25, -0.2) is 10.4 Å². The second-order valence-electron chi connectivity index (χ2n) is 7.91. The number of hydrogen-bond donors (Lipinski definition) is 2. The van der Waals surface area contributed by atoms with Crippen LogP contribution >= 0.6 is 0 Å². The first-order valence-corrected chi connectivity index (χ1v) is 11.3. The summed E-state index contributed by atoms with van der Waals surface area (Å²) in [5.41, 5.74) is 6.66. The fourth-order valence-corrected chi connectivity index (χ4v) is 3.47. The van der Waals surface area contributed by atoms with E-state index in [4.69, 9.17) is 9.47 Å². The van der Waals surface area contributed by atoms with Gasteiger partial charge in [0.05, 0.1) is 31.0 Å². The quantitative estimate of drug-likeness (QED) is 0.197. The number of aromatic nitrogens is 2. The first-order valence-electron chi connectivity index (χ1n) is 11.3. The normalized spacial score (nSPS) is 11.1. The van der Waals surface area contributed by atoms with Crippen molar-refractivity contribution in [3.63, 3.8) is 0 Å². The molecular formula is C27H28N4O3. The molecule has 0 aliphatic carbocycles. The number of hydrazone groups is 1. The zero-order valence-electron chi connectivity index (χ0n) is 19.4. The summed E-state index contributed by atoms with van der Waals surface area (Å²) in [6.07, 6.45) is 4.36. The van der Waals surface area contributed by atoms with E-state index in [-0.39, 0.29) is 5.91 Å². The maximum Gasteiger partial charge on any atom is 0.271 e. The Labute approximate surface area is 198 Å². The lowest BCUT2D eigenvalue weighted by atomic mass is 10.1. The Balaban J connectivity index is 1.38. The Kier molecular flexibility index (Phi) is 7.55. The Morgan fingerprint density at radius 3 is 2.74 bits per heavy atom. The molecule has 0 aliphatic heterocycles. The summed E-state index contributed by atoms with van der Waals surface area (Å²) in [6, 6.07) is 20.8. The van der Waals surface area contributed by atoms with Crippen LogP contribution in [0.3, 0.4) is 0 Å². The number of carbonyl (C=O) groups is 1. The molecule has 3 aromatic carbocycles. The van der Waals surface area contributed by atoms with E-state index in [9.17, 15) is 4.79 Å². The average Bonchev–Trinajstić information content (AvgIpc) is 3.26. The number of ether oxygens (including phenoxy) is 2. The van der Waals surface area contributed by atoms with Gasteiger partial charge < -0.3 is 14.5 Å². The van der Waals surface area contributed by atoms with E-state index in [1.54, 1.807) is 25.5 Å². The van der Waals surface area contributed by atoms with Gasteiger partial charge in [-0.05, 0) is 60.0 Å². The number of hydrogen-bond acceptors (Lipinski definition) is 5. The SMILES string of the molecule is CCCCOc1cccc(/C=N\NC(=O)c2ccc3nc(Cc4ccc(OC)cc4)[nH]c3c2)c1. The number of H-pyrrole nitrogens is 1. The number of nitrogens with one attached hydrogen (secondary N) is 2. The standard InChI is InChI=1S/C27H28N4O3/c1-3-4-14-34-23-7-5-6-20(15-23)18-28-31-27(32)21-10-13-24-25(17-21)30-26(29-24)16-19-8-11-22(33-2)12-9-19/h5-13,15,17-18H,3-4,14,16H2,1-2H3,(H,29,30)(H,31,32)/b28-18-. The van der Waals surface area contributed by atoms with Crippen molar-refractivity contribution in [3.8, 4) is 11.5 Å². The zero-order valence-corrected chi connectivity index (χ0v) is 19.4. The van der Waals surface area contributed by atoms with Crippen LogP contribution in [0.2, 0.25) is 0 Å². The van der Waals surface area contributed by atoms with Crippen molar-refractivity contribution in [3.05, 3.63) is 89.2 Å². The highest BCUT2D eigenvalue weighted by atomic mass is 16.5. The van der Waals surface area contributed by atoms with Crippen LogP contribution in [0.1, 0.15) is 47.1 Å². The third-order valence-corrected chi connectivity index (χ3v) is 5.33. The molecule has 0 saturated carbocycles. The third kappa shape index (κ3) is 6.01. The van der Waals surface area contributed by atoms with Crippen LogP contribution in [0.15, 0.2) is 71.8 Å². The van der Waals surface area contributed by atoms with Gasteiger partial charge in [-0.1, -0.05) is 37.6 Å². The van der Waals surface area contributed by atoms with E-state index in [0.29, 0.717) is 18.6 Å².